The molecule has 3 heteroatoms. The zero-order valence-electron chi connectivity index (χ0n) is 12.3. The molecule has 1 aromatic carbocycles. The third kappa shape index (κ3) is 4.64. The number of carboxylic acid groups (broad SMARTS) is 1. The standard InChI is InChI=1S/C17H25NO2/c1-14(7-8-17(19)20)18-11-9-16(10-12-18)13-15-5-3-2-4-6-15/h2-6,14,16H,7-13H2,1H3,(H,19,20). The largest absolute Gasteiger partial charge is 0.481 e. The molecular formula is C17H25NO2. The third-order valence-corrected chi connectivity index (χ3v) is 4.42. The Labute approximate surface area is 121 Å². The number of hydrogen-bond donors (Lipinski definition) is 1. The Balaban J connectivity index is 1.73. The van der Waals surface area contributed by atoms with E-state index < -0.39 is 5.97 Å². The maximum Gasteiger partial charge on any atom is 0.303 e. The van der Waals surface area contributed by atoms with Gasteiger partial charge < -0.3 is 10.0 Å². The van der Waals surface area contributed by atoms with Crippen molar-refractivity contribution >= 4 is 5.97 Å². The molecule has 0 bridgehead atoms. The molecule has 1 aliphatic heterocycles. The lowest BCUT2D eigenvalue weighted by Crippen LogP contribution is -2.40. The van der Waals surface area contributed by atoms with Gasteiger partial charge in [-0.15, -0.1) is 0 Å². The molecule has 1 fully saturated rings. The Morgan fingerprint density at radius 3 is 2.55 bits per heavy atom. The molecule has 110 valence electrons. The summed E-state index contributed by atoms with van der Waals surface area (Å²) in [5.74, 6) is 0.0936. The molecule has 0 aliphatic carbocycles. The van der Waals surface area contributed by atoms with Crippen molar-refractivity contribution in [2.45, 2.75) is 45.1 Å². The second-order valence-corrected chi connectivity index (χ2v) is 5.95. The van der Waals surface area contributed by atoms with Gasteiger partial charge in [-0.3, -0.25) is 4.79 Å². The summed E-state index contributed by atoms with van der Waals surface area (Å²) in [6.07, 6.45) is 4.68. The highest BCUT2D eigenvalue weighted by Crippen LogP contribution is 2.23. The van der Waals surface area contributed by atoms with Crippen molar-refractivity contribution in [3.05, 3.63) is 35.9 Å². The molecular weight excluding hydrogens is 250 g/mol. The quantitative estimate of drug-likeness (QED) is 0.866. The van der Waals surface area contributed by atoms with Crippen molar-refractivity contribution in [2.75, 3.05) is 13.1 Å². The van der Waals surface area contributed by atoms with Crippen LogP contribution in [-0.4, -0.2) is 35.1 Å². The van der Waals surface area contributed by atoms with Crippen LogP contribution >= 0.6 is 0 Å². The molecule has 1 saturated heterocycles. The van der Waals surface area contributed by atoms with E-state index >= 15 is 0 Å². The average Bonchev–Trinajstić information content (AvgIpc) is 2.46. The van der Waals surface area contributed by atoms with Gasteiger partial charge in [0.25, 0.3) is 0 Å². The highest BCUT2D eigenvalue weighted by molar-refractivity contribution is 5.66. The van der Waals surface area contributed by atoms with Crippen LogP contribution in [0.3, 0.4) is 0 Å². The topological polar surface area (TPSA) is 40.5 Å². The monoisotopic (exact) mass is 275 g/mol. The fourth-order valence-corrected chi connectivity index (χ4v) is 3.06. The van der Waals surface area contributed by atoms with Gasteiger partial charge in [0, 0.05) is 12.5 Å². The fourth-order valence-electron chi connectivity index (χ4n) is 3.06. The number of carbonyl (C=O) groups is 1. The number of rotatable bonds is 6. The Morgan fingerprint density at radius 2 is 1.95 bits per heavy atom. The summed E-state index contributed by atoms with van der Waals surface area (Å²) in [5.41, 5.74) is 1.44. The van der Waals surface area contributed by atoms with Gasteiger partial charge >= 0.3 is 5.97 Å². The lowest BCUT2D eigenvalue weighted by atomic mass is 9.89. The summed E-state index contributed by atoms with van der Waals surface area (Å²) >= 11 is 0. The lowest BCUT2D eigenvalue weighted by Gasteiger charge is -2.36. The van der Waals surface area contributed by atoms with Gasteiger partial charge in [-0.2, -0.15) is 0 Å². The van der Waals surface area contributed by atoms with E-state index in [1.54, 1.807) is 0 Å². The molecule has 1 N–H and O–H groups in total. The first-order valence-corrected chi connectivity index (χ1v) is 7.65. The minimum atomic E-state index is -0.684. The summed E-state index contributed by atoms with van der Waals surface area (Å²) in [6.45, 7) is 4.37. The first-order chi connectivity index (χ1) is 9.65. The van der Waals surface area contributed by atoms with Crippen LogP contribution in [0.1, 0.15) is 38.2 Å². The van der Waals surface area contributed by atoms with Crippen molar-refractivity contribution in [1.29, 1.82) is 0 Å². The normalized spacial score (nSPS) is 18.9. The zero-order chi connectivity index (χ0) is 14.4. The number of nitrogens with zero attached hydrogens (tertiary/aromatic N) is 1. The highest BCUT2D eigenvalue weighted by Gasteiger charge is 2.23. The molecule has 0 spiro atoms. The van der Waals surface area contributed by atoms with Gasteiger partial charge in [-0.05, 0) is 57.2 Å². The number of carboxylic acids is 1. The van der Waals surface area contributed by atoms with Crippen molar-refractivity contribution in [3.63, 3.8) is 0 Å². The first kappa shape index (κ1) is 15.0. The SMILES string of the molecule is CC(CCC(=O)O)N1CCC(Cc2ccccc2)CC1. The van der Waals surface area contributed by atoms with Crippen LogP contribution in [0.2, 0.25) is 0 Å². The number of piperidine rings is 1. The molecule has 0 aromatic heterocycles. The van der Waals surface area contributed by atoms with E-state index in [-0.39, 0.29) is 6.42 Å². The van der Waals surface area contributed by atoms with Crippen LogP contribution in [-0.2, 0) is 11.2 Å². The molecule has 0 amide bonds. The molecule has 1 atom stereocenters. The van der Waals surface area contributed by atoms with Gasteiger partial charge in [0.05, 0.1) is 0 Å². The Hall–Kier alpha value is -1.35. The molecule has 1 heterocycles. The lowest BCUT2D eigenvalue weighted by molar-refractivity contribution is -0.137. The van der Waals surface area contributed by atoms with Crippen molar-refractivity contribution < 1.29 is 9.90 Å². The summed E-state index contributed by atoms with van der Waals surface area (Å²) in [6, 6.07) is 11.1. The Bertz CT molecular complexity index is 410. The van der Waals surface area contributed by atoms with E-state index in [0.717, 1.165) is 25.4 Å². The average molecular weight is 275 g/mol. The number of benzene rings is 1. The van der Waals surface area contributed by atoms with Gasteiger partial charge in [0.15, 0.2) is 0 Å². The van der Waals surface area contributed by atoms with Gasteiger partial charge in [0.1, 0.15) is 0 Å². The zero-order valence-corrected chi connectivity index (χ0v) is 12.3. The molecule has 1 aromatic rings. The van der Waals surface area contributed by atoms with Crippen molar-refractivity contribution in [3.8, 4) is 0 Å². The van der Waals surface area contributed by atoms with Crippen LogP contribution in [0.4, 0.5) is 0 Å². The van der Waals surface area contributed by atoms with E-state index in [0.29, 0.717) is 6.04 Å². The molecule has 0 saturated carbocycles. The first-order valence-electron chi connectivity index (χ1n) is 7.65. The number of aliphatic carboxylic acids is 1. The third-order valence-electron chi connectivity index (χ3n) is 4.42. The Kier molecular flexibility index (Phi) is 5.60. The number of likely N-dealkylation sites (tertiary alicyclic amines) is 1. The molecule has 3 nitrogen and oxygen atoms in total. The van der Waals surface area contributed by atoms with Crippen LogP contribution in [0.5, 0.6) is 0 Å². The number of hydrogen-bond acceptors (Lipinski definition) is 2. The van der Waals surface area contributed by atoms with Gasteiger partial charge in [-0.25, -0.2) is 0 Å². The van der Waals surface area contributed by atoms with Crippen LogP contribution in [0, 0.1) is 5.92 Å². The van der Waals surface area contributed by atoms with Gasteiger partial charge in [0.2, 0.25) is 0 Å². The Morgan fingerprint density at radius 1 is 1.30 bits per heavy atom. The molecule has 20 heavy (non-hydrogen) atoms. The van der Waals surface area contributed by atoms with Crippen LogP contribution < -0.4 is 0 Å². The predicted molar refractivity (Wildman–Crippen MR) is 80.8 cm³/mol. The van der Waals surface area contributed by atoms with E-state index in [2.05, 4.69) is 42.2 Å². The maximum atomic E-state index is 10.6. The van der Waals surface area contributed by atoms with E-state index in [1.807, 2.05) is 0 Å². The molecule has 1 unspecified atom stereocenters. The molecule has 0 radical (unpaired) electrons. The molecule has 1 aliphatic rings. The van der Waals surface area contributed by atoms with Crippen LogP contribution in [0.15, 0.2) is 30.3 Å². The minimum Gasteiger partial charge on any atom is -0.481 e. The second kappa shape index (κ2) is 7.44. The molecule has 2 rings (SSSR count). The summed E-state index contributed by atoms with van der Waals surface area (Å²) in [7, 11) is 0. The van der Waals surface area contributed by atoms with E-state index in [1.165, 1.54) is 24.8 Å². The van der Waals surface area contributed by atoms with Gasteiger partial charge in [-0.1, -0.05) is 30.3 Å². The predicted octanol–water partition coefficient (Wildman–Crippen LogP) is 3.19. The maximum absolute atomic E-state index is 10.6. The minimum absolute atomic E-state index is 0.283. The van der Waals surface area contributed by atoms with Crippen LogP contribution in [0.25, 0.3) is 0 Å². The second-order valence-electron chi connectivity index (χ2n) is 5.95. The van der Waals surface area contributed by atoms with Crippen molar-refractivity contribution in [2.24, 2.45) is 5.92 Å². The highest BCUT2D eigenvalue weighted by atomic mass is 16.4. The summed E-state index contributed by atoms with van der Waals surface area (Å²) in [4.78, 5) is 13.1. The smallest absolute Gasteiger partial charge is 0.303 e. The fraction of sp³-hybridized carbons (Fsp3) is 0.588. The van der Waals surface area contributed by atoms with Crippen molar-refractivity contribution in [1.82, 2.24) is 4.90 Å². The van der Waals surface area contributed by atoms with E-state index in [9.17, 15) is 4.79 Å². The summed E-state index contributed by atoms with van der Waals surface area (Å²) < 4.78 is 0. The van der Waals surface area contributed by atoms with E-state index in [4.69, 9.17) is 5.11 Å². The summed E-state index contributed by atoms with van der Waals surface area (Å²) in [5, 5.41) is 8.75.